The third-order valence-electron chi connectivity index (χ3n) is 2.28. The summed E-state index contributed by atoms with van der Waals surface area (Å²) in [5.41, 5.74) is 5.01. The highest BCUT2D eigenvalue weighted by atomic mass is 79.9. The second kappa shape index (κ2) is 7.25. The molecule has 9 heteroatoms. The number of carboxylic acid groups (broad SMARTS) is 1. The number of halogens is 1. The van der Waals surface area contributed by atoms with Crippen LogP contribution in [0.25, 0.3) is 0 Å². The van der Waals surface area contributed by atoms with Gasteiger partial charge in [0.1, 0.15) is 13.1 Å². The smallest absolute Gasteiger partial charge is 0.323 e. The lowest BCUT2D eigenvalue weighted by Crippen LogP contribution is -2.47. The Balaban J connectivity index is 2.71. The molecule has 3 amide bonds. The number of urea groups is 1. The van der Waals surface area contributed by atoms with Crippen LogP contribution in [-0.4, -0.2) is 53.0 Å². The van der Waals surface area contributed by atoms with E-state index in [4.69, 9.17) is 10.8 Å². The van der Waals surface area contributed by atoms with Crippen LogP contribution in [0.3, 0.4) is 0 Å². The fourth-order valence-corrected chi connectivity index (χ4v) is 3.03. The summed E-state index contributed by atoms with van der Waals surface area (Å²) in [6.07, 6.45) is 0. The van der Waals surface area contributed by atoms with Crippen LogP contribution in [0, 0.1) is 0 Å². The van der Waals surface area contributed by atoms with Gasteiger partial charge in [-0.1, -0.05) is 0 Å². The third kappa shape index (κ3) is 5.17. The summed E-state index contributed by atoms with van der Waals surface area (Å²) >= 11 is 4.78. The van der Waals surface area contributed by atoms with Crippen LogP contribution in [-0.2, 0) is 16.1 Å². The summed E-state index contributed by atoms with van der Waals surface area (Å²) in [5.74, 6) is -1.96. The molecule has 0 saturated heterocycles. The molecule has 110 valence electrons. The van der Waals surface area contributed by atoms with Crippen molar-refractivity contribution >= 4 is 45.2 Å². The van der Waals surface area contributed by atoms with Crippen molar-refractivity contribution in [3.63, 3.8) is 0 Å². The lowest BCUT2D eigenvalue weighted by atomic mass is 10.4. The lowest BCUT2D eigenvalue weighted by Gasteiger charge is -2.25. The van der Waals surface area contributed by atoms with Crippen molar-refractivity contribution in [2.45, 2.75) is 6.54 Å². The molecule has 0 aromatic carbocycles. The molecule has 0 unspecified atom stereocenters. The SMILES string of the molecule is CN(Cc1cc(Br)cs1)C(=O)N(CC(N)=O)CC(=O)O. The topological polar surface area (TPSA) is 104 Å². The van der Waals surface area contributed by atoms with Gasteiger partial charge >= 0.3 is 12.0 Å². The molecular weight excluding hydrogens is 350 g/mol. The number of nitrogens with two attached hydrogens (primary N) is 1. The van der Waals surface area contributed by atoms with Gasteiger partial charge in [0.2, 0.25) is 5.91 Å². The van der Waals surface area contributed by atoms with Crippen molar-refractivity contribution in [1.29, 1.82) is 0 Å². The maximum atomic E-state index is 12.1. The maximum absolute atomic E-state index is 12.1. The second-order valence-electron chi connectivity index (χ2n) is 4.09. The van der Waals surface area contributed by atoms with Gasteiger partial charge in [0.15, 0.2) is 0 Å². The number of hydrogen-bond acceptors (Lipinski definition) is 4. The Kier molecular flexibility index (Phi) is 5.96. The first-order chi connectivity index (χ1) is 9.29. The summed E-state index contributed by atoms with van der Waals surface area (Å²) in [6, 6.07) is 1.31. The Labute approximate surface area is 128 Å². The van der Waals surface area contributed by atoms with Crippen molar-refractivity contribution in [1.82, 2.24) is 9.80 Å². The molecule has 1 aromatic heterocycles. The average Bonchev–Trinajstić information content (AvgIpc) is 2.71. The Morgan fingerprint density at radius 3 is 2.50 bits per heavy atom. The van der Waals surface area contributed by atoms with E-state index in [0.29, 0.717) is 6.54 Å². The normalized spacial score (nSPS) is 10.1. The van der Waals surface area contributed by atoms with E-state index in [-0.39, 0.29) is 0 Å². The first kappa shape index (κ1) is 16.4. The number of carbonyl (C=O) groups is 3. The minimum atomic E-state index is -1.20. The molecule has 0 aliphatic heterocycles. The number of thiophene rings is 1. The van der Waals surface area contributed by atoms with Crippen LogP contribution in [0.2, 0.25) is 0 Å². The van der Waals surface area contributed by atoms with Crippen LogP contribution in [0.5, 0.6) is 0 Å². The van der Waals surface area contributed by atoms with Crippen LogP contribution >= 0.6 is 27.3 Å². The van der Waals surface area contributed by atoms with Crippen molar-refractivity contribution in [2.24, 2.45) is 5.73 Å². The molecule has 0 aliphatic carbocycles. The standard InChI is InChI=1S/C11H14BrN3O4S/c1-14(3-8-2-7(12)6-20-8)11(19)15(4-9(13)16)5-10(17)18/h2,6H,3-5H2,1H3,(H2,13,16)(H,17,18). The summed E-state index contributed by atoms with van der Waals surface area (Å²) in [4.78, 5) is 36.9. The monoisotopic (exact) mass is 363 g/mol. The van der Waals surface area contributed by atoms with E-state index in [1.165, 1.54) is 23.3 Å². The van der Waals surface area contributed by atoms with Gasteiger partial charge in [-0.2, -0.15) is 0 Å². The third-order valence-corrected chi connectivity index (χ3v) is 3.97. The number of amides is 3. The van der Waals surface area contributed by atoms with Crippen molar-refractivity contribution < 1.29 is 19.5 Å². The molecular formula is C11H14BrN3O4S. The van der Waals surface area contributed by atoms with E-state index in [2.05, 4.69) is 15.9 Å². The zero-order valence-electron chi connectivity index (χ0n) is 10.7. The van der Waals surface area contributed by atoms with Gasteiger partial charge in [-0.15, -0.1) is 11.3 Å². The largest absolute Gasteiger partial charge is 0.480 e. The number of carboxylic acids is 1. The molecule has 3 N–H and O–H groups in total. The predicted molar refractivity (Wildman–Crippen MR) is 77.3 cm³/mol. The minimum absolute atomic E-state index is 0.323. The summed E-state index contributed by atoms with van der Waals surface area (Å²) < 4.78 is 0.915. The number of rotatable bonds is 6. The number of aliphatic carboxylic acids is 1. The summed E-state index contributed by atoms with van der Waals surface area (Å²) in [5, 5.41) is 10.6. The van der Waals surface area contributed by atoms with Gasteiger partial charge in [0.05, 0.1) is 6.54 Å². The molecule has 1 heterocycles. The zero-order chi connectivity index (χ0) is 15.3. The van der Waals surface area contributed by atoms with Gasteiger partial charge in [-0.05, 0) is 22.0 Å². The molecule has 7 nitrogen and oxygen atoms in total. The summed E-state index contributed by atoms with van der Waals surface area (Å²) in [7, 11) is 1.53. The van der Waals surface area contributed by atoms with Crippen LogP contribution in [0.15, 0.2) is 15.9 Å². The second-order valence-corrected chi connectivity index (χ2v) is 6.00. The predicted octanol–water partition coefficient (Wildman–Crippen LogP) is 0.934. The quantitative estimate of drug-likeness (QED) is 0.784. The van der Waals surface area contributed by atoms with Crippen molar-refractivity contribution in [3.8, 4) is 0 Å². The highest BCUT2D eigenvalue weighted by Crippen LogP contribution is 2.21. The molecule has 0 radical (unpaired) electrons. The fourth-order valence-electron chi connectivity index (χ4n) is 1.52. The molecule has 0 spiro atoms. The molecule has 0 aliphatic rings. The van der Waals surface area contributed by atoms with Crippen molar-refractivity contribution in [2.75, 3.05) is 20.1 Å². The highest BCUT2D eigenvalue weighted by molar-refractivity contribution is 9.10. The van der Waals surface area contributed by atoms with Gasteiger partial charge in [0.25, 0.3) is 0 Å². The van der Waals surface area contributed by atoms with Gasteiger partial charge in [0, 0.05) is 21.8 Å². The molecule has 1 aromatic rings. The molecule has 0 bridgehead atoms. The molecule has 0 fully saturated rings. The fraction of sp³-hybridized carbons (Fsp3) is 0.364. The van der Waals surface area contributed by atoms with Gasteiger partial charge in [-0.3, -0.25) is 9.59 Å². The minimum Gasteiger partial charge on any atom is -0.480 e. The van der Waals surface area contributed by atoms with Gasteiger partial charge in [-0.25, -0.2) is 4.79 Å². The molecule has 0 atom stereocenters. The van der Waals surface area contributed by atoms with E-state index in [0.717, 1.165) is 14.2 Å². The van der Waals surface area contributed by atoms with Gasteiger partial charge < -0.3 is 20.6 Å². The Morgan fingerprint density at radius 1 is 1.40 bits per heavy atom. The zero-order valence-corrected chi connectivity index (χ0v) is 13.1. The number of nitrogens with zero attached hydrogens (tertiary/aromatic N) is 2. The Hall–Kier alpha value is -1.61. The first-order valence-corrected chi connectivity index (χ1v) is 7.20. The number of primary amides is 1. The first-order valence-electron chi connectivity index (χ1n) is 5.52. The number of carbonyl (C=O) groups excluding carboxylic acids is 2. The van der Waals surface area contributed by atoms with E-state index in [9.17, 15) is 14.4 Å². The Bertz CT molecular complexity index is 504. The maximum Gasteiger partial charge on any atom is 0.323 e. The van der Waals surface area contributed by atoms with Crippen LogP contribution in [0.4, 0.5) is 4.79 Å². The van der Waals surface area contributed by atoms with E-state index < -0.39 is 31.0 Å². The van der Waals surface area contributed by atoms with E-state index >= 15 is 0 Å². The van der Waals surface area contributed by atoms with E-state index in [1.807, 2.05) is 11.4 Å². The molecule has 20 heavy (non-hydrogen) atoms. The highest BCUT2D eigenvalue weighted by Gasteiger charge is 2.22. The molecule has 0 saturated carbocycles. The van der Waals surface area contributed by atoms with Crippen LogP contribution in [0.1, 0.15) is 4.88 Å². The molecule has 1 rings (SSSR count). The van der Waals surface area contributed by atoms with Crippen LogP contribution < -0.4 is 5.73 Å². The average molecular weight is 364 g/mol. The van der Waals surface area contributed by atoms with Crippen molar-refractivity contribution in [3.05, 3.63) is 20.8 Å². The number of hydrogen-bond donors (Lipinski definition) is 2. The van der Waals surface area contributed by atoms with E-state index in [1.54, 1.807) is 0 Å². The lowest BCUT2D eigenvalue weighted by molar-refractivity contribution is -0.138. The Morgan fingerprint density at radius 2 is 2.05 bits per heavy atom. The summed E-state index contributed by atoms with van der Waals surface area (Å²) in [6.45, 7) is -0.673.